The summed E-state index contributed by atoms with van der Waals surface area (Å²) in [6.07, 6.45) is 9.11. The standard InChI is InChI=1S/C26H41N3O4/c1-17-15-29(16-18(2)33-17)24(31)22-4-7-28(8-5-22)23(30)3-6-27-25(32)26-12-19-9-20(13-26)11-21(10-19)14-26/h17-22H,3-16H2,1-2H3,(H,27,32)/t17-,18-,19?,20?,21?,26?/m0/s1. The molecule has 6 aliphatic rings. The molecule has 3 amide bonds. The van der Waals surface area contributed by atoms with Crippen molar-refractivity contribution >= 4 is 17.7 Å². The summed E-state index contributed by atoms with van der Waals surface area (Å²) in [5, 5.41) is 3.13. The molecular formula is C26H41N3O4. The van der Waals surface area contributed by atoms with Crippen LogP contribution in [0.2, 0.25) is 0 Å². The minimum absolute atomic E-state index is 0.00216. The number of hydrogen-bond acceptors (Lipinski definition) is 4. The minimum atomic E-state index is -0.148. The van der Waals surface area contributed by atoms with E-state index in [1.54, 1.807) is 0 Å². The van der Waals surface area contributed by atoms with Gasteiger partial charge in [0.05, 0.1) is 12.2 Å². The van der Waals surface area contributed by atoms with Gasteiger partial charge in [-0.1, -0.05) is 0 Å². The minimum Gasteiger partial charge on any atom is -0.372 e. The van der Waals surface area contributed by atoms with E-state index in [0.717, 1.165) is 49.9 Å². The third kappa shape index (κ3) is 4.80. The summed E-state index contributed by atoms with van der Waals surface area (Å²) in [5.41, 5.74) is -0.148. The van der Waals surface area contributed by atoms with Crippen LogP contribution < -0.4 is 5.32 Å². The average Bonchev–Trinajstić information content (AvgIpc) is 2.77. The molecule has 2 aliphatic heterocycles. The van der Waals surface area contributed by atoms with E-state index in [4.69, 9.17) is 4.74 Å². The van der Waals surface area contributed by atoms with Crippen LogP contribution in [0.15, 0.2) is 0 Å². The fraction of sp³-hybridized carbons (Fsp3) is 0.885. The molecule has 6 rings (SSSR count). The fourth-order valence-electron chi connectivity index (χ4n) is 8.01. The molecule has 0 spiro atoms. The maximum absolute atomic E-state index is 13.1. The first-order valence-corrected chi connectivity index (χ1v) is 13.3. The molecule has 0 radical (unpaired) electrons. The van der Waals surface area contributed by atoms with Gasteiger partial charge in [0.25, 0.3) is 0 Å². The Kier molecular flexibility index (Phi) is 6.45. The van der Waals surface area contributed by atoms with Crippen molar-refractivity contribution in [3.63, 3.8) is 0 Å². The van der Waals surface area contributed by atoms with Gasteiger partial charge in [-0.05, 0) is 83.0 Å². The lowest BCUT2D eigenvalue weighted by Gasteiger charge is -2.55. The van der Waals surface area contributed by atoms with Crippen LogP contribution in [0.4, 0.5) is 0 Å². The molecule has 2 heterocycles. The third-order valence-corrected chi connectivity index (χ3v) is 9.07. The van der Waals surface area contributed by atoms with Crippen molar-refractivity contribution in [2.45, 2.75) is 83.8 Å². The molecule has 0 aromatic carbocycles. The van der Waals surface area contributed by atoms with Crippen molar-refractivity contribution in [1.82, 2.24) is 15.1 Å². The number of carbonyl (C=O) groups is 3. The number of nitrogens with one attached hydrogen (secondary N) is 1. The second-order valence-electron chi connectivity index (χ2n) is 11.9. The zero-order chi connectivity index (χ0) is 23.2. The van der Waals surface area contributed by atoms with Crippen LogP contribution in [-0.2, 0) is 19.1 Å². The first kappa shape index (κ1) is 23.1. The molecule has 2 atom stereocenters. The first-order chi connectivity index (χ1) is 15.8. The second kappa shape index (κ2) is 9.20. The molecule has 0 aromatic heterocycles. The van der Waals surface area contributed by atoms with Crippen LogP contribution in [0.25, 0.3) is 0 Å². The number of hydrogen-bond donors (Lipinski definition) is 1. The molecule has 184 valence electrons. The van der Waals surface area contributed by atoms with E-state index in [-0.39, 0.29) is 41.3 Å². The molecule has 7 heteroatoms. The van der Waals surface area contributed by atoms with Crippen molar-refractivity contribution < 1.29 is 19.1 Å². The highest BCUT2D eigenvalue weighted by atomic mass is 16.5. The van der Waals surface area contributed by atoms with Crippen molar-refractivity contribution in [2.75, 3.05) is 32.7 Å². The smallest absolute Gasteiger partial charge is 0.226 e. The molecule has 4 aliphatic carbocycles. The summed E-state index contributed by atoms with van der Waals surface area (Å²) in [6.45, 7) is 7.04. The maximum atomic E-state index is 13.1. The molecule has 0 unspecified atom stereocenters. The van der Waals surface area contributed by atoms with Crippen LogP contribution in [-0.4, -0.2) is 72.5 Å². The Labute approximate surface area is 198 Å². The summed E-state index contributed by atoms with van der Waals surface area (Å²) in [4.78, 5) is 42.6. The van der Waals surface area contributed by atoms with Gasteiger partial charge < -0.3 is 19.9 Å². The van der Waals surface area contributed by atoms with Gasteiger partial charge in [-0.25, -0.2) is 0 Å². The van der Waals surface area contributed by atoms with Crippen molar-refractivity contribution in [1.29, 1.82) is 0 Å². The van der Waals surface area contributed by atoms with Crippen LogP contribution in [0.3, 0.4) is 0 Å². The number of morpholine rings is 1. The molecule has 1 N–H and O–H groups in total. The second-order valence-corrected chi connectivity index (χ2v) is 11.9. The lowest BCUT2D eigenvalue weighted by Crippen LogP contribution is -2.54. The molecule has 6 fully saturated rings. The van der Waals surface area contributed by atoms with Gasteiger partial charge in [-0.15, -0.1) is 0 Å². The number of ether oxygens (including phenoxy) is 1. The predicted molar refractivity (Wildman–Crippen MR) is 124 cm³/mol. The number of likely N-dealkylation sites (tertiary alicyclic amines) is 1. The van der Waals surface area contributed by atoms with Gasteiger partial charge in [0.2, 0.25) is 17.7 Å². The Balaban J connectivity index is 1.04. The Hall–Kier alpha value is -1.63. The highest BCUT2D eigenvalue weighted by Crippen LogP contribution is 2.60. The molecule has 4 saturated carbocycles. The maximum Gasteiger partial charge on any atom is 0.226 e. The summed E-state index contributed by atoms with van der Waals surface area (Å²) < 4.78 is 5.75. The topological polar surface area (TPSA) is 79.0 Å². The Morgan fingerprint density at radius 1 is 0.879 bits per heavy atom. The first-order valence-electron chi connectivity index (χ1n) is 13.3. The highest BCUT2D eigenvalue weighted by Gasteiger charge is 2.54. The molecular weight excluding hydrogens is 418 g/mol. The van der Waals surface area contributed by atoms with E-state index in [0.29, 0.717) is 39.1 Å². The third-order valence-electron chi connectivity index (χ3n) is 9.07. The average molecular weight is 460 g/mol. The van der Waals surface area contributed by atoms with E-state index in [1.165, 1.54) is 19.3 Å². The van der Waals surface area contributed by atoms with Gasteiger partial charge in [-0.2, -0.15) is 0 Å². The SMILES string of the molecule is C[C@H]1CN(C(=O)C2CCN(C(=O)CCNC(=O)C34CC5CC(CC(C5)C3)C4)CC2)C[C@H](C)O1. The Bertz CT molecular complexity index is 730. The number of piperidine rings is 1. The van der Waals surface area contributed by atoms with E-state index in [1.807, 2.05) is 23.6 Å². The zero-order valence-electron chi connectivity index (χ0n) is 20.4. The highest BCUT2D eigenvalue weighted by molar-refractivity contribution is 5.84. The van der Waals surface area contributed by atoms with Gasteiger partial charge >= 0.3 is 0 Å². The van der Waals surface area contributed by atoms with Crippen LogP contribution in [0.5, 0.6) is 0 Å². The Morgan fingerprint density at radius 3 is 1.97 bits per heavy atom. The van der Waals surface area contributed by atoms with Gasteiger partial charge in [0, 0.05) is 50.5 Å². The summed E-state index contributed by atoms with van der Waals surface area (Å²) in [7, 11) is 0. The lowest BCUT2D eigenvalue weighted by molar-refractivity contribution is -0.150. The largest absolute Gasteiger partial charge is 0.372 e. The van der Waals surface area contributed by atoms with Crippen LogP contribution in [0, 0.1) is 29.1 Å². The predicted octanol–water partition coefficient (Wildman–Crippen LogP) is 2.58. The number of carbonyl (C=O) groups excluding carboxylic acids is 3. The van der Waals surface area contributed by atoms with E-state index in [9.17, 15) is 14.4 Å². The summed E-state index contributed by atoms with van der Waals surface area (Å²) in [6, 6.07) is 0. The summed E-state index contributed by atoms with van der Waals surface area (Å²) in [5.74, 6) is 2.76. The van der Waals surface area contributed by atoms with Crippen molar-refractivity contribution in [3.05, 3.63) is 0 Å². The monoisotopic (exact) mass is 459 g/mol. The lowest BCUT2D eigenvalue weighted by atomic mass is 9.49. The molecule has 2 saturated heterocycles. The zero-order valence-corrected chi connectivity index (χ0v) is 20.4. The number of nitrogens with zero attached hydrogens (tertiary/aromatic N) is 2. The van der Waals surface area contributed by atoms with Crippen molar-refractivity contribution in [3.8, 4) is 0 Å². The van der Waals surface area contributed by atoms with Gasteiger partial charge in [0.15, 0.2) is 0 Å². The molecule has 33 heavy (non-hydrogen) atoms. The number of amides is 3. The van der Waals surface area contributed by atoms with Crippen LogP contribution in [0.1, 0.15) is 71.6 Å². The Morgan fingerprint density at radius 2 is 1.42 bits per heavy atom. The normalized spacial score (nSPS) is 38.4. The number of rotatable bonds is 5. The molecule has 7 nitrogen and oxygen atoms in total. The molecule has 4 bridgehead atoms. The van der Waals surface area contributed by atoms with Crippen molar-refractivity contribution in [2.24, 2.45) is 29.1 Å². The fourth-order valence-corrected chi connectivity index (χ4v) is 8.01. The van der Waals surface area contributed by atoms with Crippen LogP contribution >= 0.6 is 0 Å². The van der Waals surface area contributed by atoms with E-state index >= 15 is 0 Å². The van der Waals surface area contributed by atoms with Gasteiger partial charge in [0.1, 0.15) is 0 Å². The quantitative estimate of drug-likeness (QED) is 0.685. The van der Waals surface area contributed by atoms with E-state index in [2.05, 4.69) is 5.32 Å². The van der Waals surface area contributed by atoms with Gasteiger partial charge in [-0.3, -0.25) is 14.4 Å². The van der Waals surface area contributed by atoms with E-state index < -0.39 is 0 Å². The molecule has 0 aromatic rings. The summed E-state index contributed by atoms with van der Waals surface area (Å²) >= 11 is 0.